The van der Waals surface area contributed by atoms with Crippen molar-refractivity contribution in [3.8, 4) is 0 Å². The van der Waals surface area contributed by atoms with Crippen molar-refractivity contribution in [3.05, 3.63) is 0 Å². The predicted octanol–water partition coefficient (Wildman–Crippen LogP) is 1.16. The van der Waals surface area contributed by atoms with Gasteiger partial charge in [-0.2, -0.15) is 0 Å². The lowest BCUT2D eigenvalue weighted by molar-refractivity contribution is -0.136. The summed E-state index contributed by atoms with van der Waals surface area (Å²) in [5.74, 6) is 0.244. The molecule has 1 atom stereocenters. The maximum atomic E-state index is 12.0. The van der Waals surface area contributed by atoms with Gasteiger partial charge in [0.25, 0.3) is 0 Å². The number of likely N-dealkylation sites (N-methyl/N-ethyl adjacent to an activating group) is 1. The van der Waals surface area contributed by atoms with Gasteiger partial charge in [-0.15, -0.1) is 0 Å². The van der Waals surface area contributed by atoms with Crippen LogP contribution in [0.1, 0.15) is 38.5 Å². The molecular formula is C13H24N2O2. The van der Waals surface area contributed by atoms with E-state index in [1.165, 1.54) is 25.7 Å². The normalized spacial score (nSPS) is 26.8. The molecule has 2 aliphatic rings. The van der Waals surface area contributed by atoms with E-state index in [4.69, 9.17) is 4.74 Å². The van der Waals surface area contributed by atoms with E-state index in [0.717, 1.165) is 25.9 Å². The second kappa shape index (κ2) is 6.36. The summed E-state index contributed by atoms with van der Waals surface area (Å²) in [6, 6.07) is 0.0234. The van der Waals surface area contributed by atoms with Crippen LogP contribution in [0.5, 0.6) is 0 Å². The number of piperidine rings is 1. The molecule has 0 aromatic rings. The molecule has 1 aliphatic heterocycles. The molecule has 1 amide bonds. The maximum absolute atomic E-state index is 12.0. The van der Waals surface area contributed by atoms with Crippen molar-refractivity contribution in [2.24, 2.45) is 0 Å². The molecule has 2 fully saturated rings. The Hall–Kier alpha value is -0.610. The third-order valence-electron chi connectivity index (χ3n) is 3.90. The molecule has 0 aromatic carbocycles. The number of carbonyl (C=O) groups excluding carboxylic acids is 1. The van der Waals surface area contributed by atoms with Gasteiger partial charge in [0.15, 0.2) is 0 Å². The van der Waals surface area contributed by atoms with Gasteiger partial charge in [-0.3, -0.25) is 4.79 Å². The molecule has 1 unspecified atom stereocenters. The van der Waals surface area contributed by atoms with Crippen LogP contribution in [0.2, 0.25) is 0 Å². The van der Waals surface area contributed by atoms with E-state index in [1.54, 1.807) is 0 Å². The molecule has 1 aliphatic carbocycles. The Labute approximate surface area is 104 Å². The van der Waals surface area contributed by atoms with Gasteiger partial charge >= 0.3 is 0 Å². The first-order valence-corrected chi connectivity index (χ1v) is 6.89. The van der Waals surface area contributed by atoms with Crippen LogP contribution in [0.15, 0.2) is 0 Å². The summed E-state index contributed by atoms with van der Waals surface area (Å²) in [6.45, 7) is 2.35. The summed E-state index contributed by atoms with van der Waals surface area (Å²) in [5.41, 5.74) is 0. The monoisotopic (exact) mass is 240 g/mol. The van der Waals surface area contributed by atoms with Crippen molar-refractivity contribution < 1.29 is 9.53 Å². The Morgan fingerprint density at radius 1 is 1.29 bits per heavy atom. The van der Waals surface area contributed by atoms with Crippen LogP contribution in [0.4, 0.5) is 0 Å². The lowest BCUT2D eigenvalue weighted by Gasteiger charge is -2.32. The van der Waals surface area contributed by atoms with Crippen molar-refractivity contribution >= 4 is 5.91 Å². The number of likely N-dealkylation sites (tertiary alicyclic amines) is 1. The highest BCUT2D eigenvalue weighted by molar-refractivity contribution is 5.82. The van der Waals surface area contributed by atoms with Gasteiger partial charge in [-0.1, -0.05) is 12.8 Å². The van der Waals surface area contributed by atoms with Crippen LogP contribution in [-0.2, 0) is 9.53 Å². The third kappa shape index (κ3) is 3.42. The van der Waals surface area contributed by atoms with Crippen LogP contribution in [0.25, 0.3) is 0 Å². The minimum atomic E-state index is 0.0234. The molecule has 1 N–H and O–H groups in total. The summed E-state index contributed by atoms with van der Waals surface area (Å²) in [4.78, 5) is 13.9. The summed E-state index contributed by atoms with van der Waals surface area (Å²) in [6.07, 6.45) is 7.52. The highest BCUT2D eigenvalue weighted by atomic mass is 16.5. The molecule has 0 aromatic heterocycles. The first kappa shape index (κ1) is 12.8. The number of nitrogens with zero attached hydrogens (tertiary/aromatic N) is 1. The van der Waals surface area contributed by atoms with E-state index in [9.17, 15) is 4.79 Å². The third-order valence-corrected chi connectivity index (χ3v) is 3.90. The molecule has 1 saturated carbocycles. The first-order valence-electron chi connectivity index (χ1n) is 6.89. The molecule has 0 spiro atoms. The van der Waals surface area contributed by atoms with E-state index in [0.29, 0.717) is 12.7 Å². The number of hydrogen-bond donors (Lipinski definition) is 1. The summed E-state index contributed by atoms with van der Waals surface area (Å²) >= 11 is 0. The van der Waals surface area contributed by atoms with E-state index in [-0.39, 0.29) is 11.9 Å². The molecule has 2 rings (SSSR count). The van der Waals surface area contributed by atoms with Crippen LogP contribution in [0.3, 0.4) is 0 Å². The molecule has 0 radical (unpaired) electrons. The smallest absolute Gasteiger partial charge is 0.239 e. The fraction of sp³-hybridized carbons (Fsp3) is 0.923. The fourth-order valence-electron chi connectivity index (χ4n) is 2.81. The molecule has 4 nitrogen and oxygen atoms in total. The second-order valence-corrected chi connectivity index (χ2v) is 5.09. The lowest BCUT2D eigenvalue weighted by Crippen LogP contribution is -2.50. The molecule has 1 heterocycles. The van der Waals surface area contributed by atoms with Crippen molar-refractivity contribution in [3.63, 3.8) is 0 Å². The van der Waals surface area contributed by atoms with Crippen molar-refractivity contribution in [1.82, 2.24) is 10.2 Å². The lowest BCUT2D eigenvalue weighted by atomic mass is 10.1. The SMILES string of the molecule is CNC1CCCN(CCOC2CCCC2)C1=O. The maximum Gasteiger partial charge on any atom is 0.239 e. The van der Waals surface area contributed by atoms with Crippen LogP contribution in [-0.4, -0.2) is 49.7 Å². The first-order chi connectivity index (χ1) is 8.31. The second-order valence-electron chi connectivity index (χ2n) is 5.09. The number of nitrogens with one attached hydrogen (secondary N) is 1. The number of carbonyl (C=O) groups is 1. The molecule has 1 saturated heterocycles. The van der Waals surface area contributed by atoms with Crippen molar-refractivity contribution in [1.29, 1.82) is 0 Å². The average Bonchev–Trinajstić information content (AvgIpc) is 2.84. The predicted molar refractivity (Wildman–Crippen MR) is 66.9 cm³/mol. The Morgan fingerprint density at radius 2 is 2.06 bits per heavy atom. The number of rotatable bonds is 5. The van der Waals surface area contributed by atoms with E-state index < -0.39 is 0 Å². The van der Waals surface area contributed by atoms with Crippen LogP contribution < -0.4 is 5.32 Å². The minimum Gasteiger partial charge on any atom is -0.376 e. The standard InChI is InChI=1S/C13H24N2O2/c1-14-12-7-4-8-15(13(12)16)9-10-17-11-5-2-3-6-11/h11-12,14H,2-10H2,1H3. The Kier molecular flexibility index (Phi) is 4.80. The Bertz CT molecular complexity index is 252. The van der Waals surface area contributed by atoms with Crippen LogP contribution in [0, 0.1) is 0 Å². The zero-order valence-corrected chi connectivity index (χ0v) is 10.8. The van der Waals surface area contributed by atoms with Gasteiger partial charge in [0.05, 0.1) is 18.8 Å². The molecule has 98 valence electrons. The Balaban J connectivity index is 1.68. The number of hydrogen-bond acceptors (Lipinski definition) is 3. The van der Waals surface area contributed by atoms with E-state index >= 15 is 0 Å². The van der Waals surface area contributed by atoms with Gasteiger partial charge in [0.1, 0.15) is 0 Å². The summed E-state index contributed by atoms with van der Waals surface area (Å²) < 4.78 is 5.81. The van der Waals surface area contributed by atoms with E-state index in [1.807, 2.05) is 11.9 Å². The number of amides is 1. The Morgan fingerprint density at radius 3 is 2.76 bits per heavy atom. The van der Waals surface area contributed by atoms with Gasteiger partial charge in [-0.05, 0) is 32.7 Å². The average molecular weight is 240 g/mol. The van der Waals surface area contributed by atoms with Gasteiger partial charge in [0, 0.05) is 13.1 Å². The van der Waals surface area contributed by atoms with Crippen molar-refractivity contribution in [2.45, 2.75) is 50.7 Å². The largest absolute Gasteiger partial charge is 0.376 e. The zero-order chi connectivity index (χ0) is 12.1. The topological polar surface area (TPSA) is 41.6 Å². The molecule has 4 heteroatoms. The quantitative estimate of drug-likeness (QED) is 0.784. The van der Waals surface area contributed by atoms with E-state index in [2.05, 4.69) is 5.32 Å². The highest BCUT2D eigenvalue weighted by Gasteiger charge is 2.27. The summed E-state index contributed by atoms with van der Waals surface area (Å²) in [5, 5.41) is 3.08. The van der Waals surface area contributed by atoms with Crippen molar-refractivity contribution in [2.75, 3.05) is 26.7 Å². The van der Waals surface area contributed by atoms with Gasteiger partial charge in [0.2, 0.25) is 5.91 Å². The molecular weight excluding hydrogens is 216 g/mol. The zero-order valence-electron chi connectivity index (χ0n) is 10.8. The minimum absolute atomic E-state index is 0.0234. The van der Waals surface area contributed by atoms with Gasteiger partial charge in [-0.25, -0.2) is 0 Å². The fourth-order valence-corrected chi connectivity index (χ4v) is 2.81. The summed E-state index contributed by atoms with van der Waals surface area (Å²) in [7, 11) is 1.86. The van der Waals surface area contributed by atoms with Gasteiger partial charge < -0.3 is 15.0 Å². The molecule has 17 heavy (non-hydrogen) atoms. The number of ether oxygens (including phenoxy) is 1. The molecule has 0 bridgehead atoms. The highest BCUT2D eigenvalue weighted by Crippen LogP contribution is 2.21. The van der Waals surface area contributed by atoms with Crippen LogP contribution >= 0.6 is 0 Å².